The average Bonchev–Trinajstić information content (AvgIpc) is 3.66. The highest BCUT2D eigenvalue weighted by atomic mass is 16.5. The zero-order valence-corrected chi connectivity index (χ0v) is 24.8. The van der Waals surface area contributed by atoms with Gasteiger partial charge in [-0.2, -0.15) is 10.2 Å². The smallest absolute Gasteiger partial charge is 0.303 e. The van der Waals surface area contributed by atoms with Crippen LogP contribution < -0.4 is 20.1 Å². The molecule has 0 spiro atoms. The van der Waals surface area contributed by atoms with Gasteiger partial charge < -0.3 is 30.1 Å². The van der Waals surface area contributed by atoms with E-state index in [1.165, 1.54) is 0 Å². The Labute approximate surface area is 258 Å². The Morgan fingerprint density at radius 3 is 2.87 bits per heavy atom. The fraction of sp³-hybridized carbons (Fsp3) is 0.355. The number of likely N-dealkylation sites (tertiary alicyclic amines) is 1. The maximum Gasteiger partial charge on any atom is 0.303 e. The molecule has 0 radical (unpaired) electrons. The van der Waals surface area contributed by atoms with Crippen molar-refractivity contribution < 1.29 is 24.2 Å². The highest BCUT2D eigenvalue weighted by molar-refractivity contribution is 6.05. The molecule has 1 amide bonds. The molecule has 0 unspecified atom stereocenters. The minimum absolute atomic E-state index is 0.208. The first-order valence-electron chi connectivity index (χ1n) is 15.0. The predicted molar refractivity (Wildman–Crippen MR) is 165 cm³/mol. The van der Waals surface area contributed by atoms with Crippen LogP contribution in [0.4, 0.5) is 5.69 Å². The van der Waals surface area contributed by atoms with Crippen molar-refractivity contribution >= 4 is 34.1 Å². The molecule has 1 fully saturated rings. The lowest BCUT2D eigenvalue weighted by Crippen LogP contribution is -2.40. The predicted octanol–water partition coefficient (Wildman–Crippen LogP) is 2.86. The molecule has 14 heteroatoms. The Morgan fingerprint density at radius 2 is 2.04 bits per heavy atom. The number of benzene rings is 1. The van der Waals surface area contributed by atoms with Crippen LogP contribution >= 0.6 is 0 Å². The highest BCUT2D eigenvalue weighted by Gasteiger charge is 2.25. The monoisotopic (exact) mass is 611 g/mol. The molecule has 14 nitrogen and oxygen atoms in total. The van der Waals surface area contributed by atoms with Crippen LogP contribution in [0, 0.1) is 5.92 Å². The second-order valence-electron chi connectivity index (χ2n) is 11.2. The van der Waals surface area contributed by atoms with Crippen LogP contribution in [-0.2, 0) is 4.79 Å². The maximum absolute atomic E-state index is 13.6. The van der Waals surface area contributed by atoms with Crippen LogP contribution in [0.5, 0.6) is 11.5 Å². The molecule has 7 rings (SSSR count). The molecule has 232 valence electrons. The Balaban J connectivity index is 1.21. The number of methoxy groups -OCH3 is 1. The van der Waals surface area contributed by atoms with Gasteiger partial charge in [0.2, 0.25) is 0 Å². The average molecular weight is 612 g/mol. The number of fused-ring (bicyclic) bond motifs is 3. The normalized spacial score (nSPS) is 15.4. The number of rotatable bonds is 9. The summed E-state index contributed by atoms with van der Waals surface area (Å²) in [7, 11) is 1.59. The molecule has 0 aliphatic carbocycles. The number of anilines is 1. The van der Waals surface area contributed by atoms with Gasteiger partial charge in [-0.3, -0.25) is 14.6 Å². The van der Waals surface area contributed by atoms with E-state index in [9.17, 15) is 9.59 Å². The number of aromatic nitrogens is 6. The van der Waals surface area contributed by atoms with Crippen molar-refractivity contribution in [2.75, 3.05) is 51.8 Å². The van der Waals surface area contributed by atoms with Gasteiger partial charge in [-0.25, -0.2) is 14.2 Å². The highest BCUT2D eigenvalue weighted by Crippen LogP contribution is 2.38. The molecule has 0 bridgehead atoms. The molecular weight excluding hydrogens is 578 g/mol. The standard InChI is InChI=1S/C31H33N9O5/c1-44-27-15-23-26(45-12-7-32-23)16-25(27)40-24-14-22(20-18-36-39-8-2-5-33-30(20)39)35-17-21(24)29(37-40)31(43)34-6-11-38-9-3-19(4-10-38)13-28(41)42/h2,5,8,14-19,32H,3-4,6-7,9-13H2,1H3,(H,34,43)(H,41,42). The number of carboxylic acids is 1. The van der Waals surface area contributed by atoms with Crippen molar-refractivity contribution in [2.24, 2.45) is 5.92 Å². The second kappa shape index (κ2) is 12.0. The number of carbonyl (C=O) groups is 2. The topological polar surface area (TPSA) is 161 Å². The molecule has 1 saturated heterocycles. The fourth-order valence-corrected chi connectivity index (χ4v) is 6.07. The molecule has 4 aromatic heterocycles. The van der Waals surface area contributed by atoms with E-state index < -0.39 is 5.97 Å². The summed E-state index contributed by atoms with van der Waals surface area (Å²) in [4.78, 5) is 36.1. The molecule has 2 aliphatic heterocycles. The number of piperidine rings is 1. The van der Waals surface area contributed by atoms with Crippen LogP contribution in [0.15, 0.2) is 49.1 Å². The Hall–Kier alpha value is -5.24. The third-order valence-electron chi connectivity index (χ3n) is 8.40. The summed E-state index contributed by atoms with van der Waals surface area (Å²) in [6.45, 7) is 3.93. The van der Waals surface area contributed by atoms with Gasteiger partial charge in [0, 0.05) is 56.8 Å². The number of carbonyl (C=O) groups excluding carboxylic acids is 1. The zero-order chi connectivity index (χ0) is 30.9. The maximum atomic E-state index is 13.6. The van der Waals surface area contributed by atoms with E-state index in [-0.39, 0.29) is 23.9 Å². The molecule has 2 aliphatic rings. The summed E-state index contributed by atoms with van der Waals surface area (Å²) in [5.74, 6) is 0.368. The van der Waals surface area contributed by atoms with Crippen LogP contribution in [0.3, 0.4) is 0 Å². The minimum Gasteiger partial charge on any atom is -0.494 e. The fourth-order valence-electron chi connectivity index (χ4n) is 6.07. The summed E-state index contributed by atoms with van der Waals surface area (Å²) in [6, 6.07) is 7.42. The number of nitrogens with zero attached hydrogens (tertiary/aromatic N) is 7. The molecule has 0 atom stereocenters. The van der Waals surface area contributed by atoms with E-state index in [1.807, 2.05) is 24.4 Å². The first kappa shape index (κ1) is 28.5. The second-order valence-corrected chi connectivity index (χ2v) is 11.2. The van der Waals surface area contributed by atoms with Crippen LogP contribution in [0.2, 0.25) is 0 Å². The van der Waals surface area contributed by atoms with E-state index in [0.29, 0.717) is 65.7 Å². The van der Waals surface area contributed by atoms with Crippen molar-refractivity contribution in [2.45, 2.75) is 19.3 Å². The zero-order valence-electron chi connectivity index (χ0n) is 24.8. The van der Waals surface area contributed by atoms with E-state index in [4.69, 9.17) is 24.7 Å². The first-order chi connectivity index (χ1) is 22.0. The van der Waals surface area contributed by atoms with Crippen molar-refractivity contribution in [1.82, 2.24) is 39.6 Å². The lowest BCUT2D eigenvalue weighted by atomic mass is 9.94. The van der Waals surface area contributed by atoms with E-state index in [1.54, 1.807) is 41.0 Å². The molecule has 0 saturated carbocycles. The lowest BCUT2D eigenvalue weighted by molar-refractivity contribution is -0.138. The lowest BCUT2D eigenvalue weighted by Gasteiger charge is -2.31. The van der Waals surface area contributed by atoms with Gasteiger partial charge in [0.05, 0.1) is 41.2 Å². The molecule has 3 N–H and O–H groups in total. The van der Waals surface area contributed by atoms with Crippen molar-refractivity contribution in [3.8, 4) is 28.4 Å². The van der Waals surface area contributed by atoms with Gasteiger partial charge in [0.15, 0.2) is 11.3 Å². The van der Waals surface area contributed by atoms with Crippen LogP contribution in [-0.4, -0.2) is 97.7 Å². The third-order valence-corrected chi connectivity index (χ3v) is 8.40. The molecule has 1 aromatic carbocycles. The first-order valence-corrected chi connectivity index (χ1v) is 15.0. The number of aliphatic carboxylic acids is 1. The third kappa shape index (κ3) is 5.59. The molecule has 6 heterocycles. The van der Waals surface area contributed by atoms with Gasteiger partial charge in [-0.15, -0.1) is 0 Å². The number of nitrogens with one attached hydrogen (secondary N) is 2. The van der Waals surface area contributed by atoms with Gasteiger partial charge >= 0.3 is 5.97 Å². The van der Waals surface area contributed by atoms with Gasteiger partial charge in [-0.05, 0) is 44.0 Å². The molecule has 5 aromatic rings. The summed E-state index contributed by atoms with van der Waals surface area (Å²) >= 11 is 0. The van der Waals surface area contributed by atoms with Crippen LogP contribution in [0.25, 0.3) is 33.5 Å². The number of hydrogen-bond acceptors (Lipinski definition) is 10. The Bertz CT molecular complexity index is 1890. The van der Waals surface area contributed by atoms with Crippen molar-refractivity contribution in [1.29, 1.82) is 0 Å². The summed E-state index contributed by atoms with van der Waals surface area (Å²) in [5, 5.41) is 25.2. The number of hydrogen-bond donors (Lipinski definition) is 3. The summed E-state index contributed by atoms with van der Waals surface area (Å²) in [5.41, 5.74) is 4.36. The summed E-state index contributed by atoms with van der Waals surface area (Å²) in [6.07, 6.45) is 8.79. The van der Waals surface area contributed by atoms with E-state index in [0.717, 1.165) is 37.2 Å². The quantitative estimate of drug-likeness (QED) is 0.225. The molecular formula is C31H33N9O5. The van der Waals surface area contributed by atoms with E-state index in [2.05, 4.69) is 25.6 Å². The largest absolute Gasteiger partial charge is 0.494 e. The minimum atomic E-state index is -0.749. The van der Waals surface area contributed by atoms with Gasteiger partial charge in [-0.1, -0.05) is 0 Å². The van der Waals surface area contributed by atoms with Crippen LogP contribution in [0.1, 0.15) is 29.8 Å². The van der Waals surface area contributed by atoms with Crippen molar-refractivity contribution in [3.63, 3.8) is 0 Å². The van der Waals surface area contributed by atoms with Crippen molar-refractivity contribution in [3.05, 3.63) is 54.7 Å². The van der Waals surface area contributed by atoms with E-state index >= 15 is 0 Å². The van der Waals surface area contributed by atoms with Gasteiger partial charge in [0.25, 0.3) is 5.91 Å². The number of ether oxygens (including phenoxy) is 2. The molecule has 45 heavy (non-hydrogen) atoms. The van der Waals surface area contributed by atoms with Gasteiger partial charge in [0.1, 0.15) is 23.8 Å². The number of pyridine rings is 1. The Morgan fingerprint density at radius 1 is 1.18 bits per heavy atom. The Kier molecular flexibility index (Phi) is 7.63. The number of carboxylic acid groups (broad SMARTS) is 1. The SMILES string of the molecule is COc1cc2c(cc1-n1nc(C(=O)NCCN3CCC(CC(=O)O)CC3)c3cnc(-c4cnn5cccnc45)cc31)OCCN2. The summed E-state index contributed by atoms with van der Waals surface area (Å²) < 4.78 is 15.1. The number of amides is 1.